The second-order valence-electron chi connectivity index (χ2n) is 3.92. The Hall–Kier alpha value is -2.43. The number of carbonyl (C=O) groups excluding carboxylic acids is 1. The van der Waals surface area contributed by atoms with Crippen molar-refractivity contribution in [2.24, 2.45) is 0 Å². The van der Waals surface area contributed by atoms with Gasteiger partial charge in [0.2, 0.25) is 0 Å². The van der Waals surface area contributed by atoms with Gasteiger partial charge in [-0.15, -0.1) is 0 Å². The fraction of sp³-hybridized carbons (Fsp3) is 0.154. The molecule has 5 heteroatoms. The number of nitrogens with zero attached hydrogens (tertiary/aromatic N) is 2. The topological polar surface area (TPSA) is 80.9 Å². The van der Waals surface area contributed by atoms with E-state index in [1.54, 1.807) is 12.3 Å². The van der Waals surface area contributed by atoms with Crippen molar-refractivity contribution in [3.05, 3.63) is 53.6 Å². The number of nitrogens with two attached hydrogens (primary N) is 1. The van der Waals surface area contributed by atoms with Crippen molar-refractivity contribution in [1.82, 2.24) is 15.3 Å². The first-order chi connectivity index (χ1) is 8.66. The smallest absolute Gasteiger partial charge is 0.255 e. The number of amides is 1. The Morgan fingerprint density at radius 1 is 1.39 bits per heavy atom. The molecular formula is C13H14N4O. The van der Waals surface area contributed by atoms with Gasteiger partial charge in [0.05, 0.1) is 17.8 Å². The molecule has 3 N–H and O–H groups in total. The molecule has 0 aromatic carbocycles. The van der Waals surface area contributed by atoms with Gasteiger partial charge in [-0.1, -0.05) is 6.07 Å². The molecule has 18 heavy (non-hydrogen) atoms. The third-order valence-electron chi connectivity index (χ3n) is 2.47. The number of hydrogen-bond donors (Lipinski definition) is 2. The molecule has 0 fully saturated rings. The number of anilines is 1. The fourth-order valence-corrected chi connectivity index (χ4v) is 1.54. The van der Waals surface area contributed by atoms with Crippen molar-refractivity contribution in [3.8, 4) is 0 Å². The molecule has 2 aromatic rings. The maximum Gasteiger partial charge on any atom is 0.255 e. The molecule has 1 amide bonds. The van der Waals surface area contributed by atoms with E-state index in [1.807, 2.05) is 25.1 Å². The number of aryl methyl sites for hydroxylation is 1. The van der Waals surface area contributed by atoms with E-state index in [0.29, 0.717) is 17.8 Å². The summed E-state index contributed by atoms with van der Waals surface area (Å²) in [6.45, 7) is 2.19. The molecule has 0 unspecified atom stereocenters. The van der Waals surface area contributed by atoms with Crippen LogP contribution in [0, 0.1) is 6.92 Å². The molecule has 92 valence electrons. The Kier molecular flexibility index (Phi) is 3.52. The molecule has 2 aromatic heterocycles. The highest BCUT2D eigenvalue weighted by Crippen LogP contribution is 2.11. The maximum atomic E-state index is 11.9. The first-order valence-electron chi connectivity index (χ1n) is 5.57. The van der Waals surface area contributed by atoms with E-state index in [-0.39, 0.29) is 5.91 Å². The quantitative estimate of drug-likeness (QED) is 0.850. The molecule has 2 rings (SSSR count). The average Bonchev–Trinajstić information content (AvgIpc) is 2.37. The first-order valence-corrected chi connectivity index (χ1v) is 5.57. The lowest BCUT2D eigenvalue weighted by molar-refractivity contribution is 0.0951. The molecule has 0 bridgehead atoms. The molecule has 5 nitrogen and oxygen atoms in total. The third-order valence-corrected chi connectivity index (χ3v) is 2.47. The second kappa shape index (κ2) is 5.27. The van der Waals surface area contributed by atoms with Crippen LogP contribution in [0.15, 0.2) is 36.7 Å². The Bertz CT molecular complexity index is 554. The van der Waals surface area contributed by atoms with Gasteiger partial charge in [0.15, 0.2) is 0 Å². The van der Waals surface area contributed by atoms with Crippen LogP contribution < -0.4 is 11.1 Å². The van der Waals surface area contributed by atoms with Gasteiger partial charge in [0.1, 0.15) is 0 Å². The van der Waals surface area contributed by atoms with E-state index in [4.69, 9.17) is 5.73 Å². The zero-order chi connectivity index (χ0) is 13.0. The zero-order valence-electron chi connectivity index (χ0n) is 10.1. The number of nitrogen functional groups attached to an aromatic ring is 1. The second-order valence-corrected chi connectivity index (χ2v) is 3.92. The summed E-state index contributed by atoms with van der Waals surface area (Å²) in [5.41, 5.74) is 8.17. The van der Waals surface area contributed by atoms with Gasteiger partial charge < -0.3 is 11.1 Å². The molecule has 0 saturated heterocycles. The molecule has 0 spiro atoms. The van der Waals surface area contributed by atoms with Gasteiger partial charge in [0.25, 0.3) is 5.91 Å². The van der Waals surface area contributed by atoms with Gasteiger partial charge in [-0.05, 0) is 25.1 Å². The molecule has 0 aliphatic rings. The van der Waals surface area contributed by atoms with Gasteiger partial charge >= 0.3 is 0 Å². The van der Waals surface area contributed by atoms with Gasteiger partial charge in [0, 0.05) is 23.8 Å². The predicted octanol–water partition coefficient (Wildman–Crippen LogP) is 1.30. The van der Waals surface area contributed by atoms with Crippen molar-refractivity contribution >= 4 is 11.6 Å². The summed E-state index contributed by atoms with van der Waals surface area (Å²) in [6.07, 6.45) is 3.17. The van der Waals surface area contributed by atoms with E-state index in [1.165, 1.54) is 6.20 Å². The van der Waals surface area contributed by atoms with Crippen molar-refractivity contribution in [2.75, 3.05) is 5.73 Å². The van der Waals surface area contributed by atoms with Gasteiger partial charge in [-0.2, -0.15) is 0 Å². The summed E-state index contributed by atoms with van der Waals surface area (Å²) < 4.78 is 0. The lowest BCUT2D eigenvalue weighted by Gasteiger charge is -2.07. The van der Waals surface area contributed by atoms with E-state index < -0.39 is 0 Å². The molecule has 0 aliphatic heterocycles. The molecule has 0 atom stereocenters. The number of rotatable bonds is 3. The fourth-order valence-electron chi connectivity index (χ4n) is 1.54. The molecule has 0 saturated carbocycles. The largest absolute Gasteiger partial charge is 0.398 e. The summed E-state index contributed by atoms with van der Waals surface area (Å²) in [5.74, 6) is -0.245. The van der Waals surface area contributed by atoms with E-state index in [0.717, 1.165) is 11.4 Å². The number of hydrogen-bond acceptors (Lipinski definition) is 4. The number of nitrogens with one attached hydrogen (secondary N) is 1. The summed E-state index contributed by atoms with van der Waals surface area (Å²) in [4.78, 5) is 20.1. The average molecular weight is 242 g/mol. The van der Waals surface area contributed by atoms with E-state index in [2.05, 4.69) is 15.3 Å². The maximum absolute atomic E-state index is 11.9. The molecule has 0 radical (unpaired) electrons. The van der Waals surface area contributed by atoms with Crippen LogP contribution >= 0.6 is 0 Å². The molecule has 2 heterocycles. The minimum atomic E-state index is -0.245. The normalized spacial score (nSPS) is 10.1. The van der Waals surface area contributed by atoms with Crippen LogP contribution in [-0.2, 0) is 6.54 Å². The third kappa shape index (κ3) is 2.82. The van der Waals surface area contributed by atoms with E-state index in [9.17, 15) is 4.79 Å². The monoisotopic (exact) mass is 242 g/mol. The molecule has 0 aliphatic carbocycles. The summed E-state index contributed by atoms with van der Waals surface area (Å²) in [7, 11) is 0. The minimum absolute atomic E-state index is 0.245. The standard InChI is InChI=1S/C13H14N4O/c1-9-6-12(14)11(8-16-9)13(18)17-7-10-4-2-3-5-15-10/h2-6,8H,7H2,1H3,(H2,14,16)(H,17,18). The highest BCUT2D eigenvalue weighted by atomic mass is 16.1. The molecular weight excluding hydrogens is 228 g/mol. The van der Waals surface area contributed by atoms with E-state index >= 15 is 0 Å². The van der Waals surface area contributed by atoms with Crippen molar-refractivity contribution in [3.63, 3.8) is 0 Å². The Labute approximate surface area is 105 Å². The van der Waals surface area contributed by atoms with Crippen LogP contribution in [0.3, 0.4) is 0 Å². The van der Waals surface area contributed by atoms with Crippen LogP contribution in [-0.4, -0.2) is 15.9 Å². The van der Waals surface area contributed by atoms with Crippen molar-refractivity contribution in [2.45, 2.75) is 13.5 Å². The van der Waals surface area contributed by atoms with Gasteiger partial charge in [-0.25, -0.2) is 0 Å². The Balaban J connectivity index is 2.04. The summed E-state index contributed by atoms with van der Waals surface area (Å²) in [6, 6.07) is 7.22. The summed E-state index contributed by atoms with van der Waals surface area (Å²) in [5, 5.41) is 2.75. The van der Waals surface area contributed by atoms with Crippen molar-refractivity contribution < 1.29 is 4.79 Å². The Morgan fingerprint density at radius 3 is 2.89 bits per heavy atom. The van der Waals surface area contributed by atoms with Crippen molar-refractivity contribution in [1.29, 1.82) is 0 Å². The first kappa shape index (κ1) is 12.0. The van der Waals surface area contributed by atoms with Gasteiger partial charge in [-0.3, -0.25) is 14.8 Å². The number of carbonyl (C=O) groups is 1. The SMILES string of the molecule is Cc1cc(N)c(C(=O)NCc2ccccn2)cn1. The van der Waals surface area contributed by atoms with Crippen LogP contribution in [0.4, 0.5) is 5.69 Å². The highest BCUT2D eigenvalue weighted by Gasteiger charge is 2.10. The lowest BCUT2D eigenvalue weighted by Crippen LogP contribution is -2.24. The van der Waals surface area contributed by atoms with Crippen LogP contribution in [0.5, 0.6) is 0 Å². The summed E-state index contributed by atoms with van der Waals surface area (Å²) >= 11 is 0. The number of pyridine rings is 2. The van der Waals surface area contributed by atoms with Crippen LogP contribution in [0.1, 0.15) is 21.7 Å². The minimum Gasteiger partial charge on any atom is -0.398 e. The number of aromatic nitrogens is 2. The zero-order valence-corrected chi connectivity index (χ0v) is 10.1. The highest BCUT2D eigenvalue weighted by molar-refractivity contribution is 5.98. The lowest BCUT2D eigenvalue weighted by atomic mass is 10.2. The Morgan fingerprint density at radius 2 is 2.22 bits per heavy atom. The van der Waals surface area contributed by atoms with Crippen LogP contribution in [0.2, 0.25) is 0 Å². The predicted molar refractivity (Wildman–Crippen MR) is 68.8 cm³/mol. The van der Waals surface area contributed by atoms with Crippen LogP contribution in [0.25, 0.3) is 0 Å².